The predicted molar refractivity (Wildman–Crippen MR) is 65.7 cm³/mol. The van der Waals surface area contributed by atoms with Crippen LogP contribution in [0.5, 0.6) is 0 Å². The molecule has 0 bridgehead atoms. The van der Waals surface area contributed by atoms with E-state index >= 15 is 0 Å². The quantitative estimate of drug-likeness (QED) is 0.627. The van der Waals surface area contributed by atoms with E-state index in [-0.39, 0.29) is 22.8 Å². The molecule has 0 N–H and O–H groups in total. The fourth-order valence-corrected chi connectivity index (χ4v) is 1.69. The lowest BCUT2D eigenvalue weighted by Crippen LogP contribution is -2.19. The van der Waals surface area contributed by atoms with Crippen LogP contribution in [0.15, 0.2) is 41.6 Å². The summed E-state index contributed by atoms with van der Waals surface area (Å²) in [6.45, 7) is 0.0835. The molecule has 0 unspecified atom stereocenters. The Balaban J connectivity index is 2.44. The summed E-state index contributed by atoms with van der Waals surface area (Å²) in [6.07, 6.45) is 2.70. The third-order valence-corrected chi connectivity index (χ3v) is 2.61. The summed E-state index contributed by atoms with van der Waals surface area (Å²) < 4.78 is 1.29. The van der Waals surface area contributed by atoms with Crippen molar-refractivity contribution in [3.8, 4) is 0 Å². The highest BCUT2D eigenvalue weighted by Crippen LogP contribution is 2.23. The Morgan fingerprint density at radius 3 is 2.83 bits per heavy atom. The van der Waals surface area contributed by atoms with Gasteiger partial charge in [-0.3, -0.25) is 19.5 Å². The summed E-state index contributed by atoms with van der Waals surface area (Å²) in [6, 6.07) is 5.63. The summed E-state index contributed by atoms with van der Waals surface area (Å²) in [5, 5.41) is 11.2. The van der Waals surface area contributed by atoms with Crippen molar-refractivity contribution in [2.75, 3.05) is 0 Å². The van der Waals surface area contributed by atoms with Crippen molar-refractivity contribution in [1.29, 1.82) is 0 Å². The van der Waals surface area contributed by atoms with Crippen LogP contribution < -0.4 is 5.56 Å². The molecular formula is C11H8ClN3O3. The van der Waals surface area contributed by atoms with Crippen molar-refractivity contribution >= 4 is 17.3 Å². The Morgan fingerprint density at radius 2 is 2.17 bits per heavy atom. The zero-order valence-corrected chi connectivity index (χ0v) is 9.87. The topological polar surface area (TPSA) is 78.0 Å². The van der Waals surface area contributed by atoms with Crippen molar-refractivity contribution in [1.82, 2.24) is 9.55 Å². The summed E-state index contributed by atoms with van der Waals surface area (Å²) in [5.74, 6) is 0. The lowest BCUT2D eigenvalue weighted by Gasteiger charge is -2.05. The van der Waals surface area contributed by atoms with Gasteiger partial charge in [0.15, 0.2) is 0 Å². The number of hydrogen-bond acceptors (Lipinski definition) is 4. The van der Waals surface area contributed by atoms with Gasteiger partial charge in [-0.25, -0.2) is 4.98 Å². The molecule has 2 aromatic rings. The lowest BCUT2D eigenvalue weighted by atomic mass is 10.2. The molecule has 1 heterocycles. The van der Waals surface area contributed by atoms with Crippen LogP contribution in [-0.2, 0) is 6.54 Å². The Morgan fingerprint density at radius 1 is 1.39 bits per heavy atom. The number of nitro groups is 1. The number of benzene rings is 1. The molecule has 0 radical (unpaired) electrons. The second-order valence-corrected chi connectivity index (χ2v) is 4.01. The van der Waals surface area contributed by atoms with Crippen LogP contribution >= 0.6 is 11.6 Å². The van der Waals surface area contributed by atoms with Crippen LogP contribution in [0.1, 0.15) is 5.56 Å². The molecule has 7 heteroatoms. The SMILES string of the molecule is O=c1ccncn1Cc1ccc(Cl)cc1[N+](=O)[O-]. The maximum atomic E-state index is 11.5. The summed E-state index contributed by atoms with van der Waals surface area (Å²) in [4.78, 5) is 25.7. The maximum Gasteiger partial charge on any atom is 0.275 e. The van der Waals surface area contributed by atoms with Gasteiger partial charge in [-0.1, -0.05) is 11.6 Å². The van der Waals surface area contributed by atoms with Crippen LogP contribution in [0.25, 0.3) is 0 Å². The second-order valence-electron chi connectivity index (χ2n) is 3.58. The molecule has 0 saturated carbocycles. The third-order valence-electron chi connectivity index (χ3n) is 2.38. The standard InChI is InChI=1S/C11H8ClN3O3/c12-9-2-1-8(10(5-9)15(17)18)6-14-7-13-4-3-11(14)16/h1-5,7H,6H2. The Bertz CT molecular complexity index is 654. The Hall–Kier alpha value is -2.21. The first-order valence-corrected chi connectivity index (χ1v) is 5.39. The summed E-state index contributed by atoms with van der Waals surface area (Å²) in [5.41, 5.74) is 0.0204. The molecule has 0 saturated heterocycles. The fraction of sp³-hybridized carbons (Fsp3) is 0.0909. The molecule has 6 nitrogen and oxygen atoms in total. The van der Waals surface area contributed by atoms with Crippen LogP contribution in [0.2, 0.25) is 5.02 Å². The van der Waals surface area contributed by atoms with E-state index < -0.39 is 4.92 Å². The van der Waals surface area contributed by atoms with Crippen LogP contribution in [0, 0.1) is 10.1 Å². The van der Waals surface area contributed by atoms with E-state index in [2.05, 4.69) is 4.98 Å². The molecule has 0 aliphatic carbocycles. The first kappa shape index (κ1) is 12.3. The van der Waals surface area contributed by atoms with Gasteiger partial charge < -0.3 is 0 Å². The van der Waals surface area contributed by atoms with Gasteiger partial charge >= 0.3 is 0 Å². The minimum atomic E-state index is -0.525. The molecule has 2 rings (SSSR count). The highest BCUT2D eigenvalue weighted by Gasteiger charge is 2.14. The number of halogens is 1. The van der Waals surface area contributed by atoms with Gasteiger partial charge in [0.2, 0.25) is 0 Å². The van der Waals surface area contributed by atoms with Gasteiger partial charge in [-0.15, -0.1) is 0 Å². The molecule has 1 aromatic heterocycles. The molecule has 92 valence electrons. The number of nitrogens with zero attached hydrogens (tertiary/aromatic N) is 3. The largest absolute Gasteiger partial charge is 0.295 e. The normalized spacial score (nSPS) is 10.3. The average Bonchev–Trinajstić information content (AvgIpc) is 2.34. The molecular weight excluding hydrogens is 258 g/mol. The van der Waals surface area contributed by atoms with Crippen LogP contribution in [0.3, 0.4) is 0 Å². The molecule has 0 aliphatic rings. The van der Waals surface area contributed by atoms with Gasteiger partial charge in [0.1, 0.15) is 0 Å². The highest BCUT2D eigenvalue weighted by atomic mass is 35.5. The van der Waals surface area contributed by atoms with Crippen molar-refractivity contribution < 1.29 is 4.92 Å². The van der Waals surface area contributed by atoms with Gasteiger partial charge in [0.25, 0.3) is 11.2 Å². The van der Waals surface area contributed by atoms with E-state index in [4.69, 9.17) is 11.6 Å². The number of aromatic nitrogens is 2. The molecule has 0 spiro atoms. The second kappa shape index (κ2) is 4.97. The van der Waals surface area contributed by atoms with E-state index in [1.165, 1.54) is 35.3 Å². The number of nitro benzene ring substituents is 1. The van der Waals surface area contributed by atoms with Crippen molar-refractivity contribution in [3.63, 3.8) is 0 Å². The maximum absolute atomic E-state index is 11.5. The average molecular weight is 266 g/mol. The van der Waals surface area contributed by atoms with E-state index in [1.807, 2.05) is 0 Å². The summed E-state index contributed by atoms with van der Waals surface area (Å²) in [7, 11) is 0. The third kappa shape index (κ3) is 2.54. The van der Waals surface area contributed by atoms with Gasteiger partial charge in [-0.2, -0.15) is 0 Å². The minimum Gasteiger partial charge on any atom is -0.295 e. The van der Waals surface area contributed by atoms with E-state index in [9.17, 15) is 14.9 Å². The minimum absolute atomic E-state index is 0.0835. The van der Waals surface area contributed by atoms with Crippen molar-refractivity contribution in [2.45, 2.75) is 6.54 Å². The Kier molecular flexibility index (Phi) is 3.38. The van der Waals surface area contributed by atoms with E-state index in [1.54, 1.807) is 6.07 Å². The molecule has 0 fully saturated rings. The molecule has 0 amide bonds. The smallest absolute Gasteiger partial charge is 0.275 e. The van der Waals surface area contributed by atoms with E-state index in [0.29, 0.717) is 5.56 Å². The molecule has 18 heavy (non-hydrogen) atoms. The van der Waals surface area contributed by atoms with Crippen LogP contribution in [0.4, 0.5) is 5.69 Å². The molecule has 0 atom stereocenters. The Labute approximate surface area is 107 Å². The summed E-state index contributed by atoms with van der Waals surface area (Å²) >= 11 is 5.71. The number of rotatable bonds is 3. The first-order valence-electron chi connectivity index (χ1n) is 5.01. The predicted octanol–water partition coefficient (Wildman–Crippen LogP) is 1.85. The van der Waals surface area contributed by atoms with Gasteiger partial charge in [-0.05, 0) is 12.1 Å². The van der Waals surface area contributed by atoms with Crippen molar-refractivity contribution in [3.05, 3.63) is 67.8 Å². The molecule has 0 aliphatic heterocycles. The highest BCUT2D eigenvalue weighted by molar-refractivity contribution is 6.30. The van der Waals surface area contributed by atoms with Crippen molar-refractivity contribution in [2.24, 2.45) is 0 Å². The number of hydrogen-bond donors (Lipinski definition) is 0. The monoisotopic (exact) mass is 265 g/mol. The van der Waals surface area contributed by atoms with Gasteiger partial charge in [0.05, 0.1) is 17.8 Å². The molecule has 1 aromatic carbocycles. The zero-order valence-electron chi connectivity index (χ0n) is 9.12. The van der Waals surface area contributed by atoms with E-state index in [0.717, 1.165) is 0 Å². The first-order chi connectivity index (χ1) is 8.58. The fourth-order valence-electron chi connectivity index (χ4n) is 1.52. The van der Waals surface area contributed by atoms with Crippen LogP contribution in [-0.4, -0.2) is 14.5 Å². The lowest BCUT2D eigenvalue weighted by molar-refractivity contribution is -0.385. The van der Waals surface area contributed by atoms with Gasteiger partial charge in [0, 0.05) is 28.9 Å². The zero-order chi connectivity index (χ0) is 13.1.